The predicted molar refractivity (Wildman–Crippen MR) is 129 cm³/mol. The number of methoxy groups -OCH3 is 2. The molecule has 0 spiro atoms. The molecule has 0 aliphatic carbocycles. The number of hydrogen-bond acceptors (Lipinski definition) is 4. The summed E-state index contributed by atoms with van der Waals surface area (Å²) in [5, 5.41) is 7.98. The third-order valence-corrected chi connectivity index (χ3v) is 5.71. The lowest BCUT2D eigenvalue weighted by atomic mass is 10.00. The van der Waals surface area contributed by atoms with Gasteiger partial charge in [-0.1, -0.05) is 59.6 Å². The molecule has 0 unspecified atom stereocenters. The highest BCUT2D eigenvalue weighted by Crippen LogP contribution is 2.42. The first-order chi connectivity index (χ1) is 15.1. The minimum atomic E-state index is -0.0506. The Morgan fingerprint density at radius 3 is 2.42 bits per heavy atom. The van der Waals surface area contributed by atoms with Crippen molar-refractivity contribution in [2.24, 2.45) is 5.10 Å². The summed E-state index contributed by atoms with van der Waals surface area (Å²) in [6.45, 7) is 0. The molecule has 0 N–H and O–H groups in total. The molecule has 0 saturated carbocycles. The molecule has 31 heavy (non-hydrogen) atoms. The van der Waals surface area contributed by atoms with Crippen LogP contribution in [-0.2, 0) is 0 Å². The van der Waals surface area contributed by atoms with E-state index in [1.165, 1.54) is 0 Å². The van der Waals surface area contributed by atoms with Gasteiger partial charge in [-0.25, -0.2) is 0 Å². The smallest absolute Gasteiger partial charge is 0.124 e. The van der Waals surface area contributed by atoms with E-state index in [-0.39, 0.29) is 6.04 Å². The van der Waals surface area contributed by atoms with Gasteiger partial charge >= 0.3 is 0 Å². The van der Waals surface area contributed by atoms with Crippen LogP contribution < -0.4 is 14.5 Å². The van der Waals surface area contributed by atoms with Crippen LogP contribution in [0.1, 0.15) is 23.6 Å². The zero-order valence-electron chi connectivity index (χ0n) is 17.3. The molecule has 6 heteroatoms. The van der Waals surface area contributed by atoms with Crippen molar-refractivity contribution >= 4 is 40.7 Å². The standard InChI is InChI=1S/C25H22Cl2N2O2/c1-30-20-12-8-17(9-13-20)7-11-19-16-24(21-5-3-4-6-25(21)31-2)29(28-19)23-14-10-18(26)15-22(23)27/h3-15,24H,16H2,1-2H3/b11-7+/t24-/m1/s1. The number of rotatable bonds is 6. The second kappa shape index (κ2) is 9.46. The van der Waals surface area contributed by atoms with Gasteiger partial charge in [0.25, 0.3) is 0 Å². The van der Waals surface area contributed by atoms with E-state index in [0.717, 1.165) is 34.0 Å². The number of allylic oxidation sites excluding steroid dienone is 1. The molecule has 4 nitrogen and oxygen atoms in total. The molecule has 0 bridgehead atoms. The van der Waals surface area contributed by atoms with Crippen LogP contribution in [0.2, 0.25) is 10.0 Å². The molecule has 0 radical (unpaired) electrons. The summed E-state index contributed by atoms with van der Waals surface area (Å²) in [5.74, 6) is 1.65. The topological polar surface area (TPSA) is 34.1 Å². The lowest BCUT2D eigenvalue weighted by molar-refractivity contribution is 0.405. The average Bonchev–Trinajstić information content (AvgIpc) is 3.21. The number of halogens is 2. The molecule has 1 heterocycles. The van der Waals surface area contributed by atoms with Crippen LogP contribution in [0.15, 0.2) is 77.9 Å². The molecule has 0 saturated heterocycles. The van der Waals surface area contributed by atoms with Gasteiger partial charge in [-0.2, -0.15) is 5.10 Å². The van der Waals surface area contributed by atoms with Gasteiger partial charge in [0.2, 0.25) is 0 Å². The first-order valence-electron chi connectivity index (χ1n) is 9.86. The number of ether oxygens (including phenoxy) is 2. The Balaban J connectivity index is 1.69. The summed E-state index contributed by atoms with van der Waals surface area (Å²) < 4.78 is 10.8. The summed E-state index contributed by atoms with van der Waals surface area (Å²) in [7, 11) is 3.34. The van der Waals surface area contributed by atoms with Crippen molar-refractivity contribution in [2.45, 2.75) is 12.5 Å². The number of nitrogens with zero attached hydrogens (tertiary/aromatic N) is 2. The van der Waals surface area contributed by atoms with E-state index in [9.17, 15) is 0 Å². The van der Waals surface area contributed by atoms with E-state index in [4.69, 9.17) is 37.8 Å². The Labute approximate surface area is 192 Å². The number of hydrogen-bond donors (Lipinski definition) is 0. The first-order valence-corrected chi connectivity index (χ1v) is 10.6. The molecule has 0 amide bonds. The Hall–Kier alpha value is -2.95. The average molecular weight is 453 g/mol. The number of para-hydroxylation sites is 1. The van der Waals surface area contributed by atoms with Crippen molar-refractivity contribution in [3.8, 4) is 11.5 Å². The van der Waals surface area contributed by atoms with Gasteiger partial charge in [0, 0.05) is 17.0 Å². The second-order valence-corrected chi connectivity index (χ2v) is 7.94. The van der Waals surface area contributed by atoms with Crippen LogP contribution in [0, 0.1) is 0 Å². The highest BCUT2D eigenvalue weighted by atomic mass is 35.5. The lowest BCUT2D eigenvalue weighted by Crippen LogP contribution is -2.19. The molecule has 1 atom stereocenters. The largest absolute Gasteiger partial charge is 0.497 e. The summed E-state index contributed by atoms with van der Waals surface area (Å²) in [5.41, 5.74) is 3.86. The van der Waals surface area contributed by atoms with Gasteiger partial charge in [0.1, 0.15) is 11.5 Å². The zero-order valence-corrected chi connectivity index (χ0v) is 18.8. The lowest BCUT2D eigenvalue weighted by Gasteiger charge is -2.26. The molecular weight excluding hydrogens is 431 g/mol. The molecular formula is C25H22Cl2N2O2. The van der Waals surface area contributed by atoms with E-state index in [0.29, 0.717) is 16.5 Å². The Morgan fingerprint density at radius 1 is 0.935 bits per heavy atom. The van der Waals surface area contributed by atoms with Crippen LogP contribution in [0.4, 0.5) is 5.69 Å². The van der Waals surface area contributed by atoms with Crippen molar-refractivity contribution < 1.29 is 9.47 Å². The fourth-order valence-electron chi connectivity index (χ4n) is 3.61. The number of hydrazone groups is 1. The van der Waals surface area contributed by atoms with Crippen LogP contribution in [-0.4, -0.2) is 19.9 Å². The van der Waals surface area contributed by atoms with E-state index >= 15 is 0 Å². The minimum absolute atomic E-state index is 0.0506. The van der Waals surface area contributed by atoms with Crippen molar-refractivity contribution in [3.05, 3.63) is 94.0 Å². The third kappa shape index (κ3) is 4.71. The van der Waals surface area contributed by atoms with Gasteiger partial charge in [0.15, 0.2) is 0 Å². The maximum absolute atomic E-state index is 6.53. The van der Waals surface area contributed by atoms with Gasteiger partial charge in [-0.3, -0.25) is 5.01 Å². The molecule has 0 fully saturated rings. The van der Waals surface area contributed by atoms with Crippen molar-refractivity contribution in [1.82, 2.24) is 0 Å². The summed E-state index contributed by atoms with van der Waals surface area (Å²) in [4.78, 5) is 0. The van der Waals surface area contributed by atoms with Gasteiger partial charge in [-0.05, 0) is 48.0 Å². The first kappa shape index (κ1) is 21.3. The summed E-state index contributed by atoms with van der Waals surface area (Å²) in [6, 6.07) is 21.3. The highest BCUT2D eigenvalue weighted by Gasteiger charge is 2.31. The zero-order chi connectivity index (χ0) is 21.8. The Bertz CT molecular complexity index is 1130. The predicted octanol–water partition coefficient (Wildman–Crippen LogP) is 7.03. The second-order valence-electron chi connectivity index (χ2n) is 7.10. The minimum Gasteiger partial charge on any atom is -0.497 e. The fraction of sp³-hybridized carbons (Fsp3) is 0.160. The van der Waals surface area contributed by atoms with Crippen molar-refractivity contribution in [3.63, 3.8) is 0 Å². The summed E-state index contributed by atoms with van der Waals surface area (Å²) in [6.07, 6.45) is 4.80. The van der Waals surface area contributed by atoms with E-state index < -0.39 is 0 Å². The Kier molecular flexibility index (Phi) is 6.50. The summed E-state index contributed by atoms with van der Waals surface area (Å²) >= 11 is 12.6. The maximum Gasteiger partial charge on any atom is 0.124 e. The molecule has 3 aromatic rings. The fourth-order valence-corrected chi connectivity index (χ4v) is 4.11. The van der Waals surface area contributed by atoms with Crippen LogP contribution in [0.25, 0.3) is 6.08 Å². The van der Waals surface area contributed by atoms with E-state index in [2.05, 4.69) is 6.07 Å². The molecule has 1 aliphatic heterocycles. The monoisotopic (exact) mass is 452 g/mol. The molecule has 0 aromatic heterocycles. The van der Waals surface area contributed by atoms with Crippen LogP contribution in [0.3, 0.4) is 0 Å². The van der Waals surface area contributed by atoms with E-state index in [1.807, 2.05) is 71.8 Å². The van der Waals surface area contributed by atoms with Crippen LogP contribution >= 0.6 is 23.2 Å². The van der Waals surface area contributed by atoms with Crippen LogP contribution in [0.5, 0.6) is 11.5 Å². The molecule has 1 aliphatic rings. The normalized spacial score (nSPS) is 15.9. The maximum atomic E-state index is 6.53. The van der Waals surface area contributed by atoms with Gasteiger partial charge < -0.3 is 9.47 Å². The number of anilines is 1. The van der Waals surface area contributed by atoms with Crippen molar-refractivity contribution in [2.75, 3.05) is 19.2 Å². The highest BCUT2D eigenvalue weighted by molar-refractivity contribution is 6.36. The quantitative estimate of drug-likeness (QED) is 0.402. The van der Waals surface area contributed by atoms with Gasteiger partial charge in [-0.15, -0.1) is 0 Å². The Morgan fingerprint density at radius 2 is 1.71 bits per heavy atom. The number of benzene rings is 3. The van der Waals surface area contributed by atoms with Gasteiger partial charge in [0.05, 0.1) is 36.7 Å². The van der Waals surface area contributed by atoms with E-state index in [1.54, 1.807) is 20.3 Å². The molecule has 158 valence electrons. The third-order valence-electron chi connectivity index (χ3n) is 5.17. The molecule has 3 aromatic carbocycles. The molecule has 4 rings (SSSR count). The van der Waals surface area contributed by atoms with Crippen molar-refractivity contribution in [1.29, 1.82) is 0 Å². The SMILES string of the molecule is COc1ccc(/C=C/C2=NN(c3ccc(Cl)cc3Cl)[C@@H](c3ccccc3OC)C2)cc1.